The van der Waals surface area contributed by atoms with Crippen molar-refractivity contribution in [3.63, 3.8) is 0 Å². The molecule has 20 heavy (non-hydrogen) atoms. The molecule has 0 saturated carbocycles. The van der Waals surface area contributed by atoms with Gasteiger partial charge in [0.2, 0.25) is 11.9 Å². The summed E-state index contributed by atoms with van der Waals surface area (Å²) >= 11 is 1.47. The number of nitrogens with zero attached hydrogens (tertiary/aromatic N) is 5. The van der Waals surface area contributed by atoms with Gasteiger partial charge in [0.1, 0.15) is 0 Å². The van der Waals surface area contributed by atoms with Gasteiger partial charge in [-0.05, 0) is 36.7 Å². The molecule has 0 atom stereocenters. The summed E-state index contributed by atoms with van der Waals surface area (Å²) in [5.41, 5.74) is 2.50. The molecule has 104 valence electrons. The lowest BCUT2D eigenvalue weighted by Crippen LogP contribution is -2.22. The van der Waals surface area contributed by atoms with Crippen LogP contribution < -0.4 is 16.2 Å². The van der Waals surface area contributed by atoms with Gasteiger partial charge >= 0.3 is 0 Å². The minimum absolute atomic E-state index is 0.387. The lowest BCUT2D eigenvalue weighted by Gasteiger charge is -2.16. The second-order valence-electron chi connectivity index (χ2n) is 4.37. The number of anilines is 2. The minimum atomic E-state index is 0.387. The number of aromatic nitrogens is 4. The molecule has 0 aromatic carbocycles. The van der Waals surface area contributed by atoms with Gasteiger partial charge in [0.05, 0.1) is 0 Å². The molecule has 3 N–H and O–H groups in total. The van der Waals surface area contributed by atoms with E-state index in [1.54, 1.807) is 12.4 Å². The van der Waals surface area contributed by atoms with E-state index < -0.39 is 0 Å². The first-order valence-electron chi connectivity index (χ1n) is 6.41. The maximum absolute atomic E-state index is 5.44. The molecule has 8 heteroatoms. The number of nitrogen functional groups attached to an aromatic ring is 1. The molecular formula is C12H15N7S. The van der Waals surface area contributed by atoms with Crippen LogP contribution in [0.5, 0.6) is 0 Å². The van der Waals surface area contributed by atoms with Crippen molar-refractivity contribution >= 4 is 23.7 Å². The maximum Gasteiger partial charge on any atom is 0.242 e. The number of nitrogens with two attached hydrogens (primary N) is 1. The highest BCUT2D eigenvalue weighted by Crippen LogP contribution is 2.26. The molecule has 0 radical (unpaired) electrons. The molecule has 1 fully saturated rings. The zero-order valence-corrected chi connectivity index (χ0v) is 11.7. The molecule has 7 nitrogen and oxygen atoms in total. The molecule has 0 amide bonds. The lowest BCUT2D eigenvalue weighted by atomic mass is 10.4. The third kappa shape index (κ3) is 2.97. The van der Waals surface area contributed by atoms with E-state index in [1.165, 1.54) is 24.6 Å². The van der Waals surface area contributed by atoms with Crippen molar-refractivity contribution in [2.45, 2.75) is 22.9 Å². The Bertz CT molecular complexity index is 571. The number of hydrazine groups is 1. The van der Waals surface area contributed by atoms with E-state index in [9.17, 15) is 0 Å². The predicted octanol–water partition coefficient (Wildman–Crippen LogP) is 1.30. The Balaban J connectivity index is 1.87. The van der Waals surface area contributed by atoms with Crippen molar-refractivity contribution in [2.24, 2.45) is 5.84 Å². The fourth-order valence-electron chi connectivity index (χ4n) is 2.03. The smallest absolute Gasteiger partial charge is 0.242 e. The van der Waals surface area contributed by atoms with Gasteiger partial charge in [0, 0.05) is 30.4 Å². The average molecular weight is 289 g/mol. The van der Waals surface area contributed by atoms with Crippen LogP contribution in [0.4, 0.5) is 11.9 Å². The minimum Gasteiger partial charge on any atom is -0.341 e. The first kappa shape index (κ1) is 13.1. The second-order valence-corrected chi connectivity index (χ2v) is 5.41. The van der Waals surface area contributed by atoms with Gasteiger partial charge in [0.25, 0.3) is 0 Å². The topological polar surface area (TPSA) is 92.8 Å². The summed E-state index contributed by atoms with van der Waals surface area (Å²) in [6.07, 6.45) is 5.83. The number of nitrogens with one attached hydrogen (secondary N) is 1. The van der Waals surface area contributed by atoms with Gasteiger partial charge < -0.3 is 4.90 Å². The number of hydrogen-bond acceptors (Lipinski definition) is 8. The fraction of sp³-hybridized carbons (Fsp3) is 0.333. The first-order chi connectivity index (χ1) is 9.85. The summed E-state index contributed by atoms with van der Waals surface area (Å²) < 4.78 is 0. The van der Waals surface area contributed by atoms with E-state index in [4.69, 9.17) is 5.84 Å². The molecule has 0 bridgehead atoms. The van der Waals surface area contributed by atoms with Crippen molar-refractivity contribution in [3.8, 4) is 0 Å². The Hall–Kier alpha value is -1.93. The van der Waals surface area contributed by atoms with Gasteiger partial charge in [0.15, 0.2) is 5.16 Å². The van der Waals surface area contributed by atoms with Gasteiger partial charge in [-0.3, -0.25) is 10.4 Å². The van der Waals surface area contributed by atoms with E-state index in [-0.39, 0.29) is 0 Å². The summed E-state index contributed by atoms with van der Waals surface area (Å²) in [6.45, 7) is 1.96. The van der Waals surface area contributed by atoms with Gasteiger partial charge in [-0.25, -0.2) is 5.84 Å². The average Bonchev–Trinajstić information content (AvgIpc) is 3.02. The van der Waals surface area contributed by atoms with Crippen molar-refractivity contribution in [2.75, 3.05) is 23.4 Å². The monoisotopic (exact) mass is 289 g/mol. The van der Waals surface area contributed by atoms with Crippen LogP contribution in [-0.4, -0.2) is 33.0 Å². The predicted molar refractivity (Wildman–Crippen MR) is 77.4 cm³/mol. The molecule has 1 saturated heterocycles. The van der Waals surface area contributed by atoms with Crippen LogP contribution in [0, 0.1) is 0 Å². The molecule has 0 aliphatic carbocycles. The highest BCUT2D eigenvalue weighted by molar-refractivity contribution is 7.99. The van der Waals surface area contributed by atoms with Crippen molar-refractivity contribution in [1.29, 1.82) is 0 Å². The SMILES string of the molecule is NNc1nc(Sc2ccncc2)nc(N2CCCC2)n1. The molecule has 1 aliphatic rings. The van der Waals surface area contributed by atoms with Gasteiger partial charge in [-0.1, -0.05) is 0 Å². The third-order valence-corrected chi connectivity index (χ3v) is 3.85. The molecule has 2 aromatic heterocycles. The van der Waals surface area contributed by atoms with Crippen molar-refractivity contribution < 1.29 is 0 Å². The molecule has 0 spiro atoms. The maximum atomic E-state index is 5.44. The van der Waals surface area contributed by atoms with Crippen LogP contribution in [0.25, 0.3) is 0 Å². The van der Waals surface area contributed by atoms with Crippen LogP contribution >= 0.6 is 11.8 Å². The number of pyridine rings is 1. The number of rotatable bonds is 4. The van der Waals surface area contributed by atoms with E-state index >= 15 is 0 Å². The van der Waals surface area contributed by atoms with E-state index in [0.29, 0.717) is 17.1 Å². The zero-order chi connectivity index (χ0) is 13.8. The van der Waals surface area contributed by atoms with E-state index in [2.05, 4.69) is 30.3 Å². The largest absolute Gasteiger partial charge is 0.341 e. The van der Waals surface area contributed by atoms with Crippen LogP contribution in [0.3, 0.4) is 0 Å². The molecule has 0 unspecified atom stereocenters. The normalized spacial score (nSPS) is 14.6. The van der Waals surface area contributed by atoms with Crippen molar-refractivity contribution in [3.05, 3.63) is 24.5 Å². The Morgan fingerprint density at radius 2 is 1.85 bits per heavy atom. The van der Waals surface area contributed by atoms with Crippen LogP contribution in [0.2, 0.25) is 0 Å². The molecule has 2 aromatic rings. The molecule has 3 heterocycles. The zero-order valence-electron chi connectivity index (χ0n) is 10.9. The summed E-state index contributed by atoms with van der Waals surface area (Å²) in [7, 11) is 0. The van der Waals surface area contributed by atoms with Crippen LogP contribution in [0.15, 0.2) is 34.6 Å². The quantitative estimate of drug-likeness (QED) is 0.643. The Labute approximate surface area is 121 Å². The summed E-state index contributed by atoms with van der Waals surface area (Å²) in [5, 5.41) is 0.626. The van der Waals surface area contributed by atoms with Gasteiger partial charge in [-0.2, -0.15) is 15.0 Å². The molecular weight excluding hydrogens is 274 g/mol. The lowest BCUT2D eigenvalue weighted by molar-refractivity contribution is 0.827. The van der Waals surface area contributed by atoms with Gasteiger partial charge in [-0.15, -0.1) is 0 Å². The molecule has 1 aliphatic heterocycles. The third-order valence-electron chi connectivity index (χ3n) is 2.98. The highest BCUT2D eigenvalue weighted by Gasteiger charge is 2.17. The van der Waals surface area contributed by atoms with E-state index in [1.807, 2.05) is 12.1 Å². The van der Waals surface area contributed by atoms with Crippen LogP contribution in [0.1, 0.15) is 12.8 Å². The summed E-state index contributed by atoms with van der Waals surface area (Å²) in [6, 6.07) is 3.83. The Kier molecular flexibility index (Phi) is 3.93. The standard InChI is InChI=1S/C12H15N7S/c13-18-10-15-11(19-7-1-2-8-19)17-12(16-10)20-9-3-5-14-6-4-9/h3-6H,1-2,7-8,13H2,(H,15,16,17,18). The second kappa shape index (κ2) is 6.02. The number of hydrogen-bond donors (Lipinski definition) is 2. The fourth-order valence-corrected chi connectivity index (χ4v) is 2.75. The van der Waals surface area contributed by atoms with E-state index in [0.717, 1.165) is 18.0 Å². The summed E-state index contributed by atoms with van der Waals surface area (Å²) in [4.78, 5) is 20.3. The van der Waals surface area contributed by atoms with Crippen molar-refractivity contribution in [1.82, 2.24) is 19.9 Å². The molecule has 3 rings (SSSR count). The Morgan fingerprint density at radius 1 is 1.10 bits per heavy atom. The van der Waals surface area contributed by atoms with Crippen LogP contribution in [-0.2, 0) is 0 Å². The Morgan fingerprint density at radius 3 is 2.55 bits per heavy atom. The summed E-state index contributed by atoms with van der Waals surface area (Å²) in [5.74, 6) is 6.51. The highest BCUT2D eigenvalue weighted by atomic mass is 32.2. The first-order valence-corrected chi connectivity index (χ1v) is 7.22.